The van der Waals surface area contributed by atoms with Crippen molar-refractivity contribution in [3.8, 4) is 11.1 Å². The Balaban J connectivity index is 0.000000250. The van der Waals surface area contributed by atoms with Crippen LogP contribution < -0.4 is 0 Å². The topological polar surface area (TPSA) is 0 Å². The first-order valence-corrected chi connectivity index (χ1v) is 11.9. The van der Waals surface area contributed by atoms with E-state index in [0.717, 1.165) is 0 Å². The molecular formula is C36H34Zr. The van der Waals surface area contributed by atoms with E-state index in [2.05, 4.69) is 160 Å². The second-order valence-corrected chi connectivity index (χ2v) is 7.51. The summed E-state index contributed by atoms with van der Waals surface area (Å²) >= 11 is 0. The smallest absolute Gasteiger partial charge is 0.168 e. The van der Waals surface area contributed by atoms with Crippen LogP contribution in [0.4, 0.5) is 0 Å². The zero-order valence-corrected chi connectivity index (χ0v) is 23.8. The first-order valence-electron chi connectivity index (χ1n) is 11.9. The largest absolute Gasteiger partial charge is 2.00 e. The Bertz CT molecular complexity index is 1220. The van der Waals surface area contributed by atoms with Gasteiger partial charge >= 0.3 is 26.2 Å². The molecule has 182 valence electrons. The van der Waals surface area contributed by atoms with Gasteiger partial charge in [0.15, 0.2) is 0 Å². The molecular weight excluding hydrogens is 524 g/mol. The molecule has 6 rings (SSSR count). The molecule has 0 aromatic heterocycles. The van der Waals surface area contributed by atoms with Gasteiger partial charge in [-0.15, -0.1) is 72.5 Å². The first-order chi connectivity index (χ1) is 17.8. The SMILES string of the molecule is C=C.C=CC=C.[Zr+2].c1ccc(-c2ccccc2)cc1.c1ccc2[cH-]ccc2c1.c1ccc2[cH-]ccc2c1. The van der Waals surface area contributed by atoms with Crippen molar-refractivity contribution in [3.63, 3.8) is 0 Å². The summed E-state index contributed by atoms with van der Waals surface area (Å²) in [7, 11) is 0. The number of benzene rings is 4. The van der Waals surface area contributed by atoms with Gasteiger partial charge in [-0.2, -0.15) is 35.0 Å². The van der Waals surface area contributed by atoms with Gasteiger partial charge in [0.1, 0.15) is 0 Å². The molecule has 0 aliphatic heterocycles. The normalized spacial score (nSPS) is 8.76. The maximum absolute atomic E-state index is 3.36. The molecule has 0 spiro atoms. The van der Waals surface area contributed by atoms with Gasteiger partial charge in [-0.25, -0.2) is 0 Å². The molecule has 0 aliphatic rings. The number of hydrogen-bond donors (Lipinski definition) is 0. The van der Waals surface area contributed by atoms with Crippen molar-refractivity contribution >= 4 is 21.5 Å². The van der Waals surface area contributed by atoms with Crippen LogP contribution in [0.5, 0.6) is 0 Å². The number of allylic oxidation sites excluding steroid dienone is 2. The van der Waals surface area contributed by atoms with Crippen molar-refractivity contribution < 1.29 is 26.2 Å². The Morgan fingerprint density at radius 2 is 0.757 bits per heavy atom. The van der Waals surface area contributed by atoms with Crippen molar-refractivity contribution in [2.24, 2.45) is 0 Å². The minimum Gasteiger partial charge on any atom is -0.168 e. The molecule has 0 heterocycles. The summed E-state index contributed by atoms with van der Waals surface area (Å²) in [4.78, 5) is 0. The van der Waals surface area contributed by atoms with E-state index >= 15 is 0 Å². The van der Waals surface area contributed by atoms with Crippen molar-refractivity contribution in [1.82, 2.24) is 0 Å². The third-order valence-corrected chi connectivity index (χ3v) is 5.14. The minimum absolute atomic E-state index is 0. The van der Waals surface area contributed by atoms with Gasteiger partial charge in [-0.05, 0) is 11.1 Å². The Labute approximate surface area is 241 Å². The molecule has 0 amide bonds. The molecule has 0 radical (unpaired) electrons. The van der Waals surface area contributed by atoms with E-state index in [9.17, 15) is 0 Å². The molecule has 0 aliphatic carbocycles. The van der Waals surface area contributed by atoms with E-state index in [4.69, 9.17) is 0 Å². The van der Waals surface area contributed by atoms with Crippen molar-refractivity contribution in [1.29, 1.82) is 0 Å². The van der Waals surface area contributed by atoms with E-state index in [1.807, 2.05) is 12.1 Å². The van der Waals surface area contributed by atoms with Gasteiger partial charge in [-0.3, -0.25) is 0 Å². The molecule has 6 aromatic carbocycles. The summed E-state index contributed by atoms with van der Waals surface area (Å²) in [6, 6.07) is 50.1. The fourth-order valence-electron chi connectivity index (χ4n) is 3.40. The second kappa shape index (κ2) is 19.4. The van der Waals surface area contributed by atoms with Gasteiger partial charge < -0.3 is 0 Å². The molecule has 0 unspecified atom stereocenters. The summed E-state index contributed by atoms with van der Waals surface area (Å²) in [5.74, 6) is 0. The number of hydrogen-bond acceptors (Lipinski definition) is 0. The molecule has 0 fully saturated rings. The van der Waals surface area contributed by atoms with Crippen LogP contribution in [0, 0.1) is 0 Å². The molecule has 0 nitrogen and oxygen atoms in total. The van der Waals surface area contributed by atoms with Crippen LogP contribution in [0.25, 0.3) is 32.7 Å². The molecule has 1 heteroatoms. The molecule has 0 N–H and O–H groups in total. The van der Waals surface area contributed by atoms with E-state index < -0.39 is 0 Å². The Hall–Kier alpha value is -3.80. The fraction of sp³-hybridized carbons (Fsp3) is 0. The zero-order valence-electron chi connectivity index (χ0n) is 21.3. The van der Waals surface area contributed by atoms with Gasteiger partial charge in [0, 0.05) is 0 Å². The summed E-state index contributed by atoms with van der Waals surface area (Å²) in [6.45, 7) is 12.7. The molecule has 0 saturated carbocycles. The average molecular weight is 558 g/mol. The first kappa shape index (κ1) is 31.2. The third kappa shape index (κ3) is 11.2. The third-order valence-electron chi connectivity index (χ3n) is 5.14. The standard InChI is InChI=1S/C12H10.2C9H7.C4H6.C2H4.Zr/c1-3-7-11(8-4-1)12-9-5-2-6-10-12;2*1-2-5-9-7-3-6-8(9)4-1;1-3-4-2;1-2;/h1-10H;2*1-7H;3-4H,1-2H2;1-2H2;/q;2*-1;;;+2. The molecule has 0 bridgehead atoms. The minimum atomic E-state index is 0. The molecule has 6 aromatic rings. The van der Waals surface area contributed by atoms with Crippen LogP contribution >= 0.6 is 0 Å². The van der Waals surface area contributed by atoms with Gasteiger partial charge in [0.25, 0.3) is 0 Å². The maximum atomic E-state index is 3.36. The van der Waals surface area contributed by atoms with Crippen LogP contribution in [0.2, 0.25) is 0 Å². The van der Waals surface area contributed by atoms with E-state index in [0.29, 0.717) is 0 Å². The predicted octanol–water partition coefficient (Wildman–Crippen LogP) is 10.6. The quantitative estimate of drug-likeness (QED) is 0.113. The second-order valence-electron chi connectivity index (χ2n) is 7.51. The number of fused-ring (bicyclic) bond motifs is 2. The van der Waals surface area contributed by atoms with Crippen molar-refractivity contribution in [3.05, 3.63) is 184 Å². The molecule has 0 atom stereocenters. The summed E-state index contributed by atoms with van der Waals surface area (Å²) < 4.78 is 0. The van der Waals surface area contributed by atoms with Crippen LogP contribution in [-0.2, 0) is 26.2 Å². The van der Waals surface area contributed by atoms with E-state index in [1.54, 1.807) is 12.2 Å². The van der Waals surface area contributed by atoms with Gasteiger partial charge in [0.2, 0.25) is 0 Å². The Morgan fingerprint density at radius 3 is 1.08 bits per heavy atom. The fourth-order valence-corrected chi connectivity index (χ4v) is 3.40. The van der Waals surface area contributed by atoms with Crippen LogP contribution in [0.1, 0.15) is 0 Å². The summed E-state index contributed by atoms with van der Waals surface area (Å²) in [5.41, 5.74) is 2.55. The molecule has 0 saturated heterocycles. The van der Waals surface area contributed by atoms with Crippen LogP contribution in [0.15, 0.2) is 184 Å². The predicted molar refractivity (Wildman–Crippen MR) is 163 cm³/mol. The maximum Gasteiger partial charge on any atom is 2.00 e. The Morgan fingerprint density at radius 1 is 0.432 bits per heavy atom. The van der Waals surface area contributed by atoms with Gasteiger partial charge in [0.05, 0.1) is 0 Å². The zero-order chi connectivity index (χ0) is 25.8. The van der Waals surface area contributed by atoms with Crippen LogP contribution in [0.3, 0.4) is 0 Å². The average Bonchev–Trinajstić information content (AvgIpc) is 3.66. The van der Waals surface area contributed by atoms with Gasteiger partial charge in [-0.1, -0.05) is 98.1 Å². The van der Waals surface area contributed by atoms with Crippen LogP contribution in [-0.4, -0.2) is 0 Å². The summed E-state index contributed by atoms with van der Waals surface area (Å²) in [5, 5.41) is 5.32. The monoisotopic (exact) mass is 556 g/mol. The van der Waals surface area contributed by atoms with E-state index in [1.165, 1.54) is 32.7 Å². The van der Waals surface area contributed by atoms with E-state index in [-0.39, 0.29) is 26.2 Å². The Kier molecular flexibility index (Phi) is 16.4. The number of rotatable bonds is 2. The van der Waals surface area contributed by atoms with Crippen molar-refractivity contribution in [2.45, 2.75) is 0 Å². The van der Waals surface area contributed by atoms with Crippen molar-refractivity contribution in [2.75, 3.05) is 0 Å². The summed E-state index contributed by atoms with van der Waals surface area (Å²) in [6.07, 6.45) is 3.28. The molecule has 37 heavy (non-hydrogen) atoms.